The number of anilines is 1. The smallest absolute Gasteiger partial charge is 0.208 e. The van der Waals surface area contributed by atoms with E-state index in [9.17, 15) is 8.42 Å². The summed E-state index contributed by atoms with van der Waals surface area (Å²) in [6.45, 7) is 2.15. The molecule has 0 radical (unpaired) electrons. The molecule has 21 heavy (non-hydrogen) atoms. The summed E-state index contributed by atoms with van der Waals surface area (Å²) in [7, 11) is -3.14. The lowest BCUT2D eigenvalue weighted by atomic mass is 9.98. The number of rotatable bonds is 4. The van der Waals surface area contributed by atoms with Gasteiger partial charge >= 0.3 is 0 Å². The molecule has 0 unspecified atom stereocenters. The minimum Gasteiger partial charge on any atom is -0.356 e. The molecule has 1 atom stereocenters. The molecule has 3 rings (SSSR count). The van der Waals surface area contributed by atoms with Crippen LogP contribution in [-0.4, -0.2) is 54.5 Å². The molecule has 1 fully saturated rings. The molecule has 1 saturated heterocycles. The van der Waals surface area contributed by atoms with Crippen LogP contribution in [0.1, 0.15) is 12.8 Å². The number of sulfonamides is 1. The first-order valence-corrected chi connectivity index (χ1v) is 8.76. The van der Waals surface area contributed by atoms with E-state index < -0.39 is 10.0 Å². The van der Waals surface area contributed by atoms with E-state index in [1.54, 1.807) is 6.20 Å². The summed E-state index contributed by atoms with van der Waals surface area (Å²) in [4.78, 5) is 10.7. The number of nitrogens with zero attached hydrogens (tertiary/aromatic N) is 4. The molecule has 0 spiro atoms. The predicted molar refractivity (Wildman–Crippen MR) is 79.5 cm³/mol. The molecule has 2 N–H and O–H groups in total. The van der Waals surface area contributed by atoms with Gasteiger partial charge in [0.1, 0.15) is 12.1 Å². The Hall–Kier alpha value is -1.74. The fraction of sp³-hybridized carbons (Fsp3) is 0.583. The number of hydrogen-bond acceptors (Lipinski definition) is 6. The van der Waals surface area contributed by atoms with Crippen LogP contribution in [-0.2, 0) is 10.0 Å². The van der Waals surface area contributed by atoms with Crippen LogP contribution in [0.15, 0.2) is 12.5 Å². The molecule has 0 bridgehead atoms. The van der Waals surface area contributed by atoms with Crippen molar-refractivity contribution in [1.29, 1.82) is 0 Å². The van der Waals surface area contributed by atoms with Gasteiger partial charge in [0.25, 0.3) is 0 Å². The van der Waals surface area contributed by atoms with E-state index in [0.29, 0.717) is 6.54 Å². The van der Waals surface area contributed by atoms with Crippen molar-refractivity contribution in [1.82, 2.24) is 24.9 Å². The fourth-order valence-electron chi connectivity index (χ4n) is 2.70. The molecule has 114 valence electrons. The van der Waals surface area contributed by atoms with E-state index in [0.717, 1.165) is 42.8 Å². The number of piperidine rings is 1. The van der Waals surface area contributed by atoms with Crippen molar-refractivity contribution in [3.63, 3.8) is 0 Å². The largest absolute Gasteiger partial charge is 0.356 e. The zero-order valence-corrected chi connectivity index (χ0v) is 12.6. The third kappa shape index (κ3) is 3.30. The molecule has 0 saturated carbocycles. The monoisotopic (exact) mass is 310 g/mol. The summed E-state index contributed by atoms with van der Waals surface area (Å²) in [5, 5.41) is 7.73. The minimum atomic E-state index is -3.14. The molecule has 1 aliphatic rings. The van der Waals surface area contributed by atoms with Crippen LogP contribution in [0.3, 0.4) is 0 Å². The van der Waals surface area contributed by atoms with Crippen molar-refractivity contribution in [3.05, 3.63) is 12.5 Å². The standard InChI is InChI=1S/C12H18N6O2S/c1-21(19,20)16-5-9-3-2-4-18(7-9)12-10-6-15-17-11(10)13-8-14-12/h6,8-9,16H,2-5,7H2,1H3,(H,13,14,15,17)/t9-/m0/s1. The Morgan fingerprint density at radius 1 is 1.48 bits per heavy atom. The van der Waals surface area contributed by atoms with E-state index in [1.807, 2.05) is 0 Å². The molecule has 2 aromatic rings. The van der Waals surface area contributed by atoms with E-state index in [2.05, 4.69) is 29.8 Å². The topological polar surface area (TPSA) is 104 Å². The third-order valence-corrected chi connectivity index (χ3v) is 4.37. The highest BCUT2D eigenvalue weighted by molar-refractivity contribution is 7.88. The van der Waals surface area contributed by atoms with Crippen molar-refractivity contribution in [2.45, 2.75) is 12.8 Å². The average molecular weight is 310 g/mol. The zero-order valence-electron chi connectivity index (χ0n) is 11.8. The van der Waals surface area contributed by atoms with E-state index in [4.69, 9.17) is 0 Å². The third-order valence-electron chi connectivity index (χ3n) is 3.68. The van der Waals surface area contributed by atoms with Gasteiger partial charge in [0.05, 0.1) is 17.8 Å². The fourth-order valence-corrected chi connectivity index (χ4v) is 3.24. The Balaban J connectivity index is 1.75. The lowest BCUT2D eigenvalue weighted by Gasteiger charge is -2.33. The van der Waals surface area contributed by atoms with Gasteiger partial charge in [0, 0.05) is 19.6 Å². The summed E-state index contributed by atoms with van der Waals surface area (Å²) in [6, 6.07) is 0. The maximum absolute atomic E-state index is 11.2. The Labute approximate surface area is 123 Å². The van der Waals surface area contributed by atoms with Gasteiger partial charge in [-0.15, -0.1) is 0 Å². The molecule has 3 heterocycles. The van der Waals surface area contributed by atoms with Crippen molar-refractivity contribution < 1.29 is 8.42 Å². The van der Waals surface area contributed by atoms with Crippen LogP contribution in [0.25, 0.3) is 11.0 Å². The van der Waals surface area contributed by atoms with Crippen molar-refractivity contribution in [3.8, 4) is 0 Å². The SMILES string of the molecule is CS(=O)(=O)NC[C@@H]1CCCN(c2ncnc3[nH]ncc23)C1. The Morgan fingerprint density at radius 3 is 3.14 bits per heavy atom. The molecular formula is C12H18N6O2S. The maximum atomic E-state index is 11.2. The Kier molecular flexibility index (Phi) is 3.77. The van der Waals surface area contributed by atoms with Crippen molar-refractivity contribution in [2.75, 3.05) is 30.8 Å². The maximum Gasteiger partial charge on any atom is 0.208 e. The highest BCUT2D eigenvalue weighted by atomic mass is 32.2. The molecule has 0 amide bonds. The highest BCUT2D eigenvalue weighted by Gasteiger charge is 2.23. The number of aromatic amines is 1. The molecule has 8 nitrogen and oxygen atoms in total. The first kappa shape index (κ1) is 14.2. The second kappa shape index (κ2) is 5.57. The summed E-state index contributed by atoms with van der Waals surface area (Å²) in [5.74, 6) is 1.14. The molecular weight excluding hydrogens is 292 g/mol. The zero-order chi connectivity index (χ0) is 14.9. The minimum absolute atomic E-state index is 0.283. The highest BCUT2D eigenvalue weighted by Crippen LogP contribution is 2.26. The quantitative estimate of drug-likeness (QED) is 0.831. The summed E-state index contributed by atoms with van der Waals surface area (Å²) < 4.78 is 25.0. The second-order valence-corrected chi connectivity index (χ2v) is 7.24. The van der Waals surface area contributed by atoms with Gasteiger partial charge in [-0.05, 0) is 18.8 Å². The van der Waals surface area contributed by atoms with Gasteiger partial charge in [-0.1, -0.05) is 0 Å². The molecule has 2 aromatic heterocycles. The Bertz CT molecular complexity index is 728. The summed E-state index contributed by atoms with van der Waals surface area (Å²) in [5.41, 5.74) is 0.719. The first-order chi connectivity index (χ1) is 10.0. The average Bonchev–Trinajstić information content (AvgIpc) is 2.93. The molecule has 9 heteroatoms. The van der Waals surface area contributed by atoms with E-state index in [1.165, 1.54) is 12.6 Å². The number of fused-ring (bicyclic) bond motifs is 1. The van der Waals surface area contributed by atoms with Crippen LogP contribution in [0.4, 0.5) is 5.82 Å². The van der Waals surface area contributed by atoms with E-state index >= 15 is 0 Å². The van der Waals surface area contributed by atoms with Crippen LogP contribution in [0, 0.1) is 5.92 Å². The van der Waals surface area contributed by atoms with Gasteiger partial charge in [-0.25, -0.2) is 23.1 Å². The van der Waals surface area contributed by atoms with Crippen molar-refractivity contribution in [2.24, 2.45) is 5.92 Å². The predicted octanol–water partition coefficient (Wildman–Crippen LogP) is 0.119. The normalized spacial score (nSPS) is 20.0. The first-order valence-electron chi connectivity index (χ1n) is 6.86. The lowest BCUT2D eigenvalue weighted by molar-refractivity contribution is 0.410. The van der Waals surface area contributed by atoms with Gasteiger partial charge in [-0.3, -0.25) is 5.10 Å². The molecule has 0 aliphatic carbocycles. The number of hydrogen-bond donors (Lipinski definition) is 2. The van der Waals surface area contributed by atoms with Crippen LogP contribution >= 0.6 is 0 Å². The van der Waals surface area contributed by atoms with Gasteiger partial charge in [0.15, 0.2) is 5.65 Å². The van der Waals surface area contributed by atoms with E-state index in [-0.39, 0.29) is 5.92 Å². The van der Waals surface area contributed by atoms with Crippen molar-refractivity contribution >= 4 is 26.9 Å². The second-order valence-electron chi connectivity index (χ2n) is 5.40. The van der Waals surface area contributed by atoms with Gasteiger partial charge in [-0.2, -0.15) is 5.10 Å². The van der Waals surface area contributed by atoms with Gasteiger partial charge < -0.3 is 4.90 Å². The number of nitrogens with one attached hydrogen (secondary N) is 2. The lowest BCUT2D eigenvalue weighted by Crippen LogP contribution is -2.41. The van der Waals surface area contributed by atoms with Crippen LogP contribution in [0.2, 0.25) is 0 Å². The Morgan fingerprint density at radius 2 is 2.33 bits per heavy atom. The van der Waals surface area contributed by atoms with Crippen LogP contribution < -0.4 is 9.62 Å². The molecule has 0 aromatic carbocycles. The molecule has 1 aliphatic heterocycles. The van der Waals surface area contributed by atoms with Crippen LogP contribution in [0.5, 0.6) is 0 Å². The van der Waals surface area contributed by atoms with Gasteiger partial charge in [0.2, 0.25) is 10.0 Å². The summed E-state index contributed by atoms with van der Waals surface area (Å²) in [6.07, 6.45) is 6.46. The number of aromatic nitrogens is 4. The summed E-state index contributed by atoms with van der Waals surface area (Å²) >= 11 is 0. The number of H-pyrrole nitrogens is 1.